The first-order chi connectivity index (χ1) is 14.1. The van der Waals surface area contributed by atoms with Crippen molar-refractivity contribution in [2.75, 3.05) is 23.8 Å². The van der Waals surface area contributed by atoms with E-state index < -0.39 is 34.3 Å². The van der Waals surface area contributed by atoms with Gasteiger partial charge in [-0.1, -0.05) is 23.7 Å². The Morgan fingerprint density at radius 2 is 1.90 bits per heavy atom. The molecule has 3 rings (SSSR count). The number of hydroxylamine groups is 2. The molecule has 0 bridgehead atoms. The molecule has 0 unspecified atom stereocenters. The minimum atomic E-state index is -4.20. The van der Waals surface area contributed by atoms with Crippen LogP contribution in [-0.4, -0.2) is 45.5 Å². The molecular formula is C20H22ClN3O5S. The highest BCUT2D eigenvalue weighted by Gasteiger charge is 2.43. The van der Waals surface area contributed by atoms with Gasteiger partial charge in [0.2, 0.25) is 11.8 Å². The average Bonchev–Trinajstić information content (AvgIpc) is 2.70. The molecule has 1 N–H and O–H groups in total. The van der Waals surface area contributed by atoms with Crippen LogP contribution in [0.1, 0.15) is 17.5 Å². The Morgan fingerprint density at radius 1 is 1.23 bits per heavy atom. The number of fused-ring (bicyclic) bond motifs is 1. The van der Waals surface area contributed by atoms with Gasteiger partial charge in [0.15, 0.2) is 0 Å². The number of halogens is 1. The fourth-order valence-electron chi connectivity index (χ4n) is 3.27. The number of amides is 2. The molecule has 0 spiro atoms. The van der Waals surface area contributed by atoms with E-state index in [2.05, 4.69) is 5.32 Å². The molecule has 0 saturated heterocycles. The van der Waals surface area contributed by atoms with Crippen molar-refractivity contribution in [1.82, 2.24) is 5.06 Å². The molecule has 0 aliphatic carbocycles. The molecule has 1 aliphatic rings. The van der Waals surface area contributed by atoms with Crippen LogP contribution < -0.4 is 9.62 Å². The number of rotatable bonds is 5. The van der Waals surface area contributed by atoms with E-state index in [1.165, 1.54) is 20.2 Å². The minimum Gasteiger partial charge on any atom is -0.322 e. The molecule has 0 saturated carbocycles. The number of para-hydroxylation sites is 2. The Labute approximate surface area is 180 Å². The third kappa shape index (κ3) is 3.88. The molecule has 0 aromatic heterocycles. The Hall–Kier alpha value is -2.62. The van der Waals surface area contributed by atoms with Crippen molar-refractivity contribution in [2.24, 2.45) is 0 Å². The summed E-state index contributed by atoms with van der Waals surface area (Å²) in [4.78, 5) is 30.2. The standard InChI is InChI=1S/C20H22ClN3O5S/c1-12-10-18(13(2)9-14(12)21)30(27,28)24-16-8-6-5-7-15(16)22-20(26)17(24)11-19(25)23(3)29-4/h5-10,17H,11H2,1-4H3,(H,22,26)/t17-/m1/s1. The molecule has 30 heavy (non-hydrogen) atoms. The molecule has 0 fully saturated rings. The van der Waals surface area contributed by atoms with Gasteiger partial charge in [0.05, 0.1) is 29.8 Å². The van der Waals surface area contributed by atoms with Crippen LogP contribution in [0.4, 0.5) is 11.4 Å². The van der Waals surface area contributed by atoms with E-state index >= 15 is 0 Å². The van der Waals surface area contributed by atoms with E-state index in [0.29, 0.717) is 21.8 Å². The fraction of sp³-hybridized carbons (Fsp3) is 0.300. The lowest BCUT2D eigenvalue weighted by Gasteiger charge is -2.37. The molecule has 2 amide bonds. The van der Waals surface area contributed by atoms with Crippen LogP contribution in [0, 0.1) is 13.8 Å². The number of sulfonamides is 1. The van der Waals surface area contributed by atoms with Gasteiger partial charge in [-0.3, -0.25) is 18.7 Å². The van der Waals surface area contributed by atoms with E-state index in [4.69, 9.17) is 16.4 Å². The van der Waals surface area contributed by atoms with Crippen LogP contribution in [0.25, 0.3) is 0 Å². The van der Waals surface area contributed by atoms with Gasteiger partial charge in [0.25, 0.3) is 10.0 Å². The van der Waals surface area contributed by atoms with Crippen molar-refractivity contribution in [3.63, 3.8) is 0 Å². The number of hydrogen-bond donors (Lipinski definition) is 1. The second kappa shape index (κ2) is 8.25. The zero-order valence-corrected chi connectivity index (χ0v) is 18.5. The highest BCUT2D eigenvalue weighted by atomic mass is 35.5. The number of nitrogens with one attached hydrogen (secondary N) is 1. The van der Waals surface area contributed by atoms with Crippen molar-refractivity contribution < 1.29 is 22.8 Å². The van der Waals surface area contributed by atoms with Crippen LogP contribution >= 0.6 is 11.6 Å². The van der Waals surface area contributed by atoms with Crippen LogP contribution in [0.3, 0.4) is 0 Å². The quantitative estimate of drug-likeness (QED) is 0.705. The van der Waals surface area contributed by atoms with Gasteiger partial charge >= 0.3 is 0 Å². The predicted octanol–water partition coefficient (Wildman–Crippen LogP) is 2.88. The lowest BCUT2D eigenvalue weighted by Crippen LogP contribution is -2.52. The van der Waals surface area contributed by atoms with E-state index in [-0.39, 0.29) is 10.6 Å². The molecule has 1 atom stereocenters. The first-order valence-corrected chi connectivity index (χ1v) is 10.9. The van der Waals surface area contributed by atoms with Gasteiger partial charge in [0, 0.05) is 12.1 Å². The number of carbonyl (C=O) groups is 2. The summed E-state index contributed by atoms with van der Waals surface area (Å²) in [5, 5.41) is 4.08. The lowest BCUT2D eigenvalue weighted by molar-refractivity contribution is -0.169. The van der Waals surface area contributed by atoms with Crippen LogP contribution in [0.5, 0.6) is 0 Å². The Kier molecular flexibility index (Phi) is 6.07. The summed E-state index contributed by atoms with van der Waals surface area (Å²) >= 11 is 6.14. The highest BCUT2D eigenvalue weighted by Crippen LogP contribution is 2.38. The summed E-state index contributed by atoms with van der Waals surface area (Å²) in [6, 6.07) is 8.30. The van der Waals surface area contributed by atoms with E-state index in [9.17, 15) is 18.0 Å². The third-order valence-electron chi connectivity index (χ3n) is 4.97. The maximum absolute atomic E-state index is 13.8. The molecule has 0 radical (unpaired) electrons. The number of aryl methyl sites for hydroxylation is 2. The summed E-state index contributed by atoms with van der Waals surface area (Å²) < 4.78 is 28.5. The van der Waals surface area contributed by atoms with Crippen molar-refractivity contribution in [3.8, 4) is 0 Å². The molecule has 8 nitrogen and oxygen atoms in total. The van der Waals surface area contributed by atoms with Crippen molar-refractivity contribution >= 4 is 44.8 Å². The summed E-state index contributed by atoms with van der Waals surface area (Å²) in [5.41, 5.74) is 1.65. The van der Waals surface area contributed by atoms with Gasteiger partial charge in [-0.15, -0.1) is 0 Å². The first kappa shape index (κ1) is 22.1. The molecule has 10 heteroatoms. The Bertz CT molecular complexity index is 1120. The summed E-state index contributed by atoms with van der Waals surface area (Å²) in [6.07, 6.45) is -0.393. The van der Waals surface area contributed by atoms with Crippen molar-refractivity contribution in [1.29, 1.82) is 0 Å². The predicted molar refractivity (Wildman–Crippen MR) is 114 cm³/mol. The largest absolute Gasteiger partial charge is 0.322 e. The second-order valence-corrected chi connectivity index (χ2v) is 9.16. The number of benzene rings is 2. The molecular weight excluding hydrogens is 430 g/mol. The van der Waals surface area contributed by atoms with Crippen LogP contribution in [0.15, 0.2) is 41.3 Å². The smallest absolute Gasteiger partial charge is 0.265 e. The summed E-state index contributed by atoms with van der Waals surface area (Å²) in [6.45, 7) is 3.33. The normalized spacial score (nSPS) is 16.1. The molecule has 160 valence electrons. The number of carbonyl (C=O) groups excluding carboxylic acids is 2. The van der Waals surface area contributed by atoms with E-state index in [1.807, 2.05) is 0 Å². The van der Waals surface area contributed by atoms with Gasteiger partial charge in [-0.2, -0.15) is 0 Å². The third-order valence-corrected chi connectivity index (χ3v) is 7.34. The van der Waals surface area contributed by atoms with Crippen LogP contribution in [0.2, 0.25) is 5.02 Å². The zero-order chi connectivity index (χ0) is 22.2. The minimum absolute atomic E-state index is 0.0199. The summed E-state index contributed by atoms with van der Waals surface area (Å²) in [7, 11) is -1.50. The SMILES string of the molecule is CON(C)C(=O)C[C@@H]1C(=O)Nc2ccccc2N1S(=O)(=O)c1cc(C)c(Cl)cc1C. The first-order valence-electron chi connectivity index (χ1n) is 9.09. The Morgan fingerprint density at radius 3 is 2.57 bits per heavy atom. The Balaban J connectivity index is 2.19. The molecule has 1 heterocycles. The highest BCUT2D eigenvalue weighted by molar-refractivity contribution is 7.93. The number of hydrogen-bond acceptors (Lipinski definition) is 5. The summed E-state index contributed by atoms with van der Waals surface area (Å²) in [5.74, 6) is -1.14. The number of anilines is 2. The monoisotopic (exact) mass is 451 g/mol. The van der Waals surface area contributed by atoms with E-state index in [1.54, 1.807) is 44.2 Å². The molecule has 2 aromatic rings. The van der Waals surface area contributed by atoms with Gasteiger partial charge < -0.3 is 5.32 Å². The van der Waals surface area contributed by atoms with Gasteiger partial charge in [0.1, 0.15) is 6.04 Å². The van der Waals surface area contributed by atoms with Gasteiger partial charge in [-0.05, 0) is 49.2 Å². The maximum Gasteiger partial charge on any atom is 0.265 e. The fourth-order valence-corrected chi connectivity index (χ4v) is 5.41. The number of nitrogens with zero attached hydrogens (tertiary/aromatic N) is 2. The van der Waals surface area contributed by atoms with Gasteiger partial charge in [-0.25, -0.2) is 13.5 Å². The average molecular weight is 452 g/mol. The van der Waals surface area contributed by atoms with Crippen molar-refractivity contribution in [2.45, 2.75) is 31.2 Å². The topological polar surface area (TPSA) is 96.0 Å². The molecule has 2 aromatic carbocycles. The second-order valence-electron chi connectivity index (χ2n) is 6.97. The van der Waals surface area contributed by atoms with E-state index in [0.717, 1.165) is 9.37 Å². The lowest BCUT2D eigenvalue weighted by atomic mass is 10.1. The molecule has 1 aliphatic heterocycles. The van der Waals surface area contributed by atoms with Crippen LogP contribution in [-0.2, 0) is 24.4 Å². The zero-order valence-electron chi connectivity index (χ0n) is 17.0. The maximum atomic E-state index is 13.8. The van der Waals surface area contributed by atoms with Crippen molar-refractivity contribution in [3.05, 3.63) is 52.5 Å².